The molecule has 2 aliphatic carbocycles. The Morgan fingerprint density at radius 1 is 0.941 bits per heavy atom. The van der Waals surface area contributed by atoms with Gasteiger partial charge in [-0.2, -0.15) is 0 Å². The maximum atomic E-state index is 11.8. The Kier molecular flexibility index (Phi) is 7.19. The summed E-state index contributed by atoms with van der Waals surface area (Å²) in [6.07, 6.45) is 4.59. The summed E-state index contributed by atoms with van der Waals surface area (Å²) in [5.41, 5.74) is -0.400. The smallest absolute Gasteiger partial charge is 0.157 e. The fourth-order valence-electron chi connectivity index (χ4n) is 7.56. The summed E-state index contributed by atoms with van der Waals surface area (Å²) in [6, 6.07) is 0. The molecule has 5 heteroatoms. The van der Waals surface area contributed by atoms with Crippen LogP contribution in [0, 0.1) is 46.3 Å². The SMILES string of the molecule is CC[C@H](C)C1CC[C@](C)([C@H](CC(C)C)c2c(O)c(C=O)c(O)c(C=O)c2O)[C@H]1[C@H]1[C@@H](C)C1(C)C. The van der Waals surface area contributed by atoms with Crippen molar-refractivity contribution in [2.75, 3.05) is 0 Å². The maximum Gasteiger partial charge on any atom is 0.157 e. The van der Waals surface area contributed by atoms with Crippen LogP contribution in [0.4, 0.5) is 0 Å². The van der Waals surface area contributed by atoms with Gasteiger partial charge in [-0.05, 0) is 71.5 Å². The molecule has 3 N–H and O–H groups in total. The molecule has 0 radical (unpaired) electrons. The van der Waals surface area contributed by atoms with Crippen LogP contribution >= 0.6 is 0 Å². The van der Waals surface area contributed by atoms with Crippen LogP contribution in [0.5, 0.6) is 17.2 Å². The minimum Gasteiger partial charge on any atom is -0.507 e. The fourth-order valence-corrected chi connectivity index (χ4v) is 7.56. The highest BCUT2D eigenvalue weighted by Crippen LogP contribution is 2.73. The van der Waals surface area contributed by atoms with Gasteiger partial charge in [0.1, 0.15) is 17.2 Å². The largest absolute Gasteiger partial charge is 0.507 e. The zero-order valence-corrected chi connectivity index (χ0v) is 22.2. The van der Waals surface area contributed by atoms with Crippen LogP contribution in [0.15, 0.2) is 0 Å². The van der Waals surface area contributed by atoms with E-state index < -0.39 is 17.2 Å². The second-order valence-corrected chi connectivity index (χ2v) is 12.5. The molecule has 2 fully saturated rings. The molecule has 190 valence electrons. The molecular weight excluding hydrogens is 428 g/mol. The summed E-state index contributed by atoms with van der Waals surface area (Å²) in [5, 5.41) is 32.7. The summed E-state index contributed by atoms with van der Waals surface area (Å²) in [4.78, 5) is 23.6. The minimum absolute atomic E-state index is 0.227. The lowest BCUT2D eigenvalue weighted by Crippen LogP contribution is -2.37. The highest BCUT2D eigenvalue weighted by molar-refractivity contribution is 5.95. The summed E-state index contributed by atoms with van der Waals surface area (Å²) in [5.74, 6) is 1.18. The van der Waals surface area contributed by atoms with Crippen LogP contribution in [-0.4, -0.2) is 27.9 Å². The van der Waals surface area contributed by atoms with Crippen molar-refractivity contribution in [3.8, 4) is 17.2 Å². The Morgan fingerprint density at radius 3 is 1.82 bits per heavy atom. The topological polar surface area (TPSA) is 94.8 Å². The number of carbonyl (C=O) groups excluding carboxylic acids is 2. The van der Waals surface area contributed by atoms with Gasteiger partial charge in [0.05, 0.1) is 11.1 Å². The number of aldehydes is 2. The van der Waals surface area contributed by atoms with Crippen molar-refractivity contribution in [3.05, 3.63) is 16.7 Å². The van der Waals surface area contributed by atoms with Crippen LogP contribution < -0.4 is 0 Å². The molecule has 0 amide bonds. The van der Waals surface area contributed by atoms with Crippen molar-refractivity contribution >= 4 is 12.6 Å². The number of rotatable bonds is 9. The first kappa shape index (κ1) is 26.6. The van der Waals surface area contributed by atoms with E-state index in [0.29, 0.717) is 48.6 Å². The highest BCUT2D eigenvalue weighted by Gasteiger charge is 2.66. The molecule has 34 heavy (non-hydrogen) atoms. The summed E-state index contributed by atoms with van der Waals surface area (Å²) in [6.45, 7) is 18.1. The first-order valence-corrected chi connectivity index (χ1v) is 13.0. The van der Waals surface area contributed by atoms with E-state index in [9.17, 15) is 24.9 Å². The number of hydrogen-bond donors (Lipinski definition) is 3. The van der Waals surface area contributed by atoms with Gasteiger partial charge in [0, 0.05) is 5.56 Å². The Morgan fingerprint density at radius 2 is 1.44 bits per heavy atom. The second kappa shape index (κ2) is 9.20. The lowest BCUT2D eigenvalue weighted by atomic mass is 9.59. The highest BCUT2D eigenvalue weighted by atomic mass is 16.3. The van der Waals surface area contributed by atoms with Crippen LogP contribution in [0.2, 0.25) is 0 Å². The molecule has 7 atom stereocenters. The summed E-state index contributed by atoms with van der Waals surface area (Å²) >= 11 is 0. The van der Waals surface area contributed by atoms with E-state index >= 15 is 0 Å². The number of benzene rings is 1. The molecule has 0 aromatic heterocycles. The number of hydrogen-bond acceptors (Lipinski definition) is 5. The molecule has 1 aromatic rings. The van der Waals surface area contributed by atoms with Crippen LogP contribution in [-0.2, 0) is 0 Å². The van der Waals surface area contributed by atoms with Crippen molar-refractivity contribution in [2.24, 2.45) is 46.3 Å². The van der Waals surface area contributed by atoms with E-state index in [4.69, 9.17) is 0 Å². The molecule has 0 aliphatic heterocycles. The number of phenolic OH excluding ortho intramolecular Hbond substituents is 3. The molecule has 2 saturated carbocycles. The fraction of sp³-hybridized carbons (Fsp3) is 0.724. The first-order valence-electron chi connectivity index (χ1n) is 13.0. The van der Waals surface area contributed by atoms with Gasteiger partial charge in [0.15, 0.2) is 12.6 Å². The predicted molar refractivity (Wildman–Crippen MR) is 135 cm³/mol. The van der Waals surface area contributed by atoms with Crippen molar-refractivity contribution in [2.45, 2.75) is 87.0 Å². The minimum atomic E-state index is -0.658. The lowest BCUT2D eigenvalue weighted by Gasteiger charge is -2.44. The van der Waals surface area contributed by atoms with E-state index in [1.54, 1.807) is 0 Å². The zero-order valence-electron chi connectivity index (χ0n) is 22.2. The second-order valence-electron chi connectivity index (χ2n) is 12.5. The lowest BCUT2D eigenvalue weighted by molar-refractivity contribution is 0.0800. The van der Waals surface area contributed by atoms with Crippen molar-refractivity contribution in [1.29, 1.82) is 0 Å². The standard InChI is InChI=1S/C29H44O5/c1-9-16(4)18-10-11-29(8,24(18)23-17(5)28(23,6)7)21(12-15(2)3)22-26(33)19(13-30)25(32)20(14-31)27(22)34/h13-18,21,23-24,32-34H,9-12H2,1-8H3/t16-,17+,18?,21+,23+,24+,29+/m0/s1. The van der Waals surface area contributed by atoms with Crippen molar-refractivity contribution in [1.82, 2.24) is 0 Å². The van der Waals surface area contributed by atoms with Crippen molar-refractivity contribution < 1.29 is 24.9 Å². The number of phenols is 3. The molecular formula is C29H44O5. The van der Waals surface area contributed by atoms with Gasteiger partial charge in [0.25, 0.3) is 0 Å². The van der Waals surface area contributed by atoms with E-state index in [1.807, 2.05) is 0 Å². The average Bonchev–Trinajstić information content (AvgIpc) is 3.06. The quantitative estimate of drug-likeness (QED) is 0.339. The molecule has 0 spiro atoms. The first-order chi connectivity index (χ1) is 15.8. The van der Waals surface area contributed by atoms with Gasteiger partial charge in [-0.25, -0.2) is 0 Å². The van der Waals surface area contributed by atoms with E-state index in [-0.39, 0.29) is 39.4 Å². The molecule has 1 unspecified atom stereocenters. The van der Waals surface area contributed by atoms with E-state index in [2.05, 4.69) is 55.4 Å². The van der Waals surface area contributed by atoms with Gasteiger partial charge in [-0.15, -0.1) is 0 Å². The monoisotopic (exact) mass is 472 g/mol. The van der Waals surface area contributed by atoms with Crippen LogP contribution in [0.25, 0.3) is 0 Å². The molecule has 0 bridgehead atoms. The molecule has 0 heterocycles. The number of aromatic hydroxyl groups is 3. The molecule has 1 aromatic carbocycles. The summed E-state index contributed by atoms with van der Waals surface area (Å²) in [7, 11) is 0. The summed E-state index contributed by atoms with van der Waals surface area (Å²) < 4.78 is 0. The van der Waals surface area contributed by atoms with Gasteiger partial charge >= 0.3 is 0 Å². The maximum absolute atomic E-state index is 11.8. The van der Waals surface area contributed by atoms with E-state index in [1.165, 1.54) is 0 Å². The Hall–Kier alpha value is -2.04. The van der Waals surface area contributed by atoms with Gasteiger partial charge < -0.3 is 15.3 Å². The average molecular weight is 473 g/mol. The third-order valence-electron chi connectivity index (χ3n) is 10.1. The normalized spacial score (nSPS) is 31.9. The van der Waals surface area contributed by atoms with Gasteiger partial charge in [-0.1, -0.05) is 61.8 Å². The third-order valence-corrected chi connectivity index (χ3v) is 10.1. The molecule has 2 aliphatic rings. The van der Waals surface area contributed by atoms with Gasteiger partial charge in [-0.3, -0.25) is 9.59 Å². The van der Waals surface area contributed by atoms with Gasteiger partial charge in [0.2, 0.25) is 0 Å². The Labute approximate surface area is 205 Å². The zero-order chi connectivity index (χ0) is 25.7. The van der Waals surface area contributed by atoms with E-state index in [0.717, 1.165) is 19.3 Å². The number of carbonyl (C=O) groups is 2. The van der Waals surface area contributed by atoms with Crippen LogP contribution in [0.3, 0.4) is 0 Å². The third kappa shape index (κ3) is 3.93. The Bertz CT molecular complexity index is 913. The van der Waals surface area contributed by atoms with Crippen molar-refractivity contribution in [3.63, 3.8) is 0 Å². The predicted octanol–water partition coefficient (Wildman–Crippen LogP) is 6.93. The molecule has 5 nitrogen and oxygen atoms in total. The van der Waals surface area contributed by atoms with Crippen LogP contribution in [0.1, 0.15) is 113 Å². The molecule has 0 saturated heterocycles. The molecule has 3 rings (SSSR count). The Balaban J connectivity index is 2.27.